The molecule has 3 heterocycles. The second kappa shape index (κ2) is 7.62. The molecule has 3 aromatic heterocycles. The highest BCUT2D eigenvalue weighted by Crippen LogP contribution is 2.41. The van der Waals surface area contributed by atoms with Crippen molar-refractivity contribution >= 4 is 65.7 Å². The van der Waals surface area contributed by atoms with Crippen LogP contribution in [-0.4, -0.2) is 4.57 Å². The number of rotatable bonds is 2. The second-order valence-corrected chi connectivity index (χ2v) is 10.2. The summed E-state index contributed by atoms with van der Waals surface area (Å²) < 4.78 is 15.1. The first-order chi connectivity index (χ1) is 19.3. The number of nitrogens with zero attached hydrogens (tertiary/aromatic N) is 1. The molecule has 0 bridgehead atoms. The van der Waals surface area contributed by atoms with Crippen LogP contribution in [0.5, 0.6) is 0 Å². The Morgan fingerprint density at radius 1 is 0.436 bits per heavy atom. The average Bonchev–Trinajstić information content (AvgIpc) is 3.64. The number of hydrogen-bond donors (Lipinski definition) is 0. The van der Waals surface area contributed by atoms with E-state index in [1.807, 2.05) is 0 Å². The second-order valence-electron chi connectivity index (χ2n) is 10.2. The van der Waals surface area contributed by atoms with Crippen LogP contribution in [0.3, 0.4) is 0 Å². The summed E-state index contributed by atoms with van der Waals surface area (Å²) in [6, 6.07) is 44.7. The van der Waals surface area contributed by atoms with Crippen molar-refractivity contribution in [2.45, 2.75) is 0 Å². The van der Waals surface area contributed by atoms with Crippen LogP contribution in [0, 0.1) is 0 Å². The Morgan fingerprint density at radius 3 is 2.05 bits per heavy atom. The molecule has 0 fully saturated rings. The smallest absolute Gasteiger partial charge is 0.161 e. The van der Waals surface area contributed by atoms with Crippen molar-refractivity contribution in [3.8, 4) is 16.8 Å². The van der Waals surface area contributed by atoms with Gasteiger partial charge in [0.15, 0.2) is 5.58 Å². The molecule has 0 aliphatic rings. The molecule has 0 aliphatic heterocycles. The number of benzene rings is 6. The van der Waals surface area contributed by atoms with Gasteiger partial charge >= 0.3 is 0 Å². The molecule has 0 spiro atoms. The lowest BCUT2D eigenvalue weighted by Gasteiger charge is -2.07. The van der Waals surface area contributed by atoms with Gasteiger partial charge in [0.05, 0.1) is 5.52 Å². The fourth-order valence-electron chi connectivity index (χ4n) is 6.14. The Kier molecular flexibility index (Phi) is 4.05. The summed E-state index contributed by atoms with van der Waals surface area (Å²) in [5.41, 5.74) is 9.21. The average molecular weight is 500 g/mol. The first-order valence-electron chi connectivity index (χ1n) is 13.2. The summed E-state index contributed by atoms with van der Waals surface area (Å²) in [4.78, 5) is 0. The van der Waals surface area contributed by atoms with E-state index in [-0.39, 0.29) is 0 Å². The zero-order valence-electron chi connectivity index (χ0n) is 20.9. The van der Waals surface area contributed by atoms with Gasteiger partial charge in [-0.1, -0.05) is 66.7 Å². The molecule has 6 aromatic carbocycles. The molecule has 9 aromatic rings. The Morgan fingerprint density at radius 2 is 1.15 bits per heavy atom. The SMILES string of the molecule is c1ccc(-n2c3ccccc3c3oc4ccc(-c5ccc6c(c5)oc5cc7ccccc7cc56)cc4c32)cc1. The van der Waals surface area contributed by atoms with E-state index in [0.717, 1.165) is 71.7 Å². The van der Waals surface area contributed by atoms with Gasteiger partial charge in [-0.2, -0.15) is 0 Å². The molecule has 0 saturated carbocycles. The zero-order valence-corrected chi connectivity index (χ0v) is 20.9. The Hall–Kier alpha value is -5.28. The molecular formula is C36H21NO2. The summed E-state index contributed by atoms with van der Waals surface area (Å²) in [5.74, 6) is 0. The van der Waals surface area contributed by atoms with Gasteiger partial charge in [0.25, 0.3) is 0 Å². The van der Waals surface area contributed by atoms with Crippen molar-refractivity contribution in [3.05, 3.63) is 127 Å². The Labute approximate surface area is 223 Å². The van der Waals surface area contributed by atoms with Crippen molar-refractivity contribution < 1.29 is 8.83 Å². The largest absolute Gasteiger partial charge is 0.456 e. The third kappa shape index (κ3) is 2.93. The fourth-order valence-corrected chi connectivity index (χ4v) is 6.14. The maximum atomic E-state index is 6.47. The minimum atomic E-state index is 0.885. The molecule has 3 heteroatoms. The van der Waals surface area contributed by atoms with Crippen LogP contribution >= 0.6 is 0 Å². The van der Waals surface area contributed by atoms with Gasteiger partial charge in [-0.05, 0) is 82.6 Å². The minimum absolute atomic E-state index is 0.885. The number of fused-ring (bicyclic) bond motifs is 9. The van der Waals surface area contributed by atoms with Crippen LogP contribution in [0.4, 0.5) is 0 Å². The van der Waals surface area contributed by atoms with E-state index in [1.165, 1.54) is 10.8 Å². The Balaban J connectivity index is 1.28. The summed E-state index contributed by atoms with van der Waals surface area (Å²) in [7, 11) is 0. The van der Waals surface area contributed by atoms with E-state index >= 15 is 0 Å². The third-order valence-corrected chi connectivity index (χ3v) is 7.96. The number of aromatic nitrogens is 1. The van der Waals surface area contributed by atoms with E-state index in [9.17, 15) is 0 Å². The molecule has 0 amide bonds. The van der Waals surface area contributed by atoms with Crippen molar-refractivity contribution in [3.63, 3.8) is 0 Å². The van der Waals surface area contributed by atoms with Crippen LogP contribution in [0.1, 0.15) is 0 Å². The monoisotopic (exact) mass is 499 g/mol. The van der Waals surface area contributed by atoms with Crippen molar-refractivity contribution in [1.29, 1.82) is 0 Å². The van der Waals surface area contributed by atoms with Gasteiger partial charge in [0.1, 0.15) is 22.3 Å². The number of para-hydroxylation sites is 2. The van der Waals surface area contributed by atoms with Crippen LogP contribution < -0.4 is 0 Å². The highest BCUT2D eigenvalue weighted by atomic mass is 16.3. The quantitative estimate of drug-likeness (QED) is 0.237. The third-order valence-electron chi connectivity index (χ3n) is 7.96. The lowest BCUT2D eigenvalue weighted by Crippen LogP contribution is -1.92. The molecule has 0 atom stereocenters. The van der Waals surface area contributed by atoms with Gasteiger partial charge < -0.3 is 13.4 Å². The van der Waals surface area contributed by atoms with Crippen LogP contribution in [-0.2, 0) is 0 Å². The van der Waals surface area contributed by atoms with E-state index in [2.05, 4.69) is 132 Å². The molecule has 0 aliphatic carbocycles. The lowest BCUT2D eigenvalue weighted by molar-refractivity contribution is 0.669. The molecule has 3 nitrogen and oxygen atoms in total. The molecular weight excluding hydrogens is 478 g/mol. The summed E-state index contributed by atoms with van der Waals surface area (Å²) >= 11 is 0. The van der Waals surface area contributed by atoms with Crippen LogP contribution in [0.2, 0.25) is 0 Å². The number of furan rings is 2. The molecule has 0 radical (unpaired) electrons. The predicted octanol–water partition coefficient (Wildman–Crippen LogP) is 10.2. The maximum Gasteiger partial charge on any atom is 0.161 e. The summed E-state index contributed by atoms with van der Waals surface area (Å²) in [6.07, 6.45) is 0. The molecule has 0 unspecified atom stereocenters. The first-order valence-corrected chi connectivity index (χ1v) is 13.2. The predicted molar refractivity (Wildman–Crippen MR) is 161 cm³/mol. The van der Waals surface area contributed by atoms with E-state index in [0.29, 0.717) is 0 Å². The topological polar surface area (TPSA) is 31.2 Å². The van der Waals surface area contributed by atoms with Crippen molar-refractivity contribution in [2.75, 3.05) is 0 Å². The van der Waals surface area contributed by atoms with Gasteiger partial charge in [-0.3, -0.25) is 0 Å². The molecule has 0 saturated heterocycles. The summed E-state index contributed by atoms with van der Waals surface area (Å²) in [5, 5.41) is 6.90. The van der Waals surface area contributed by atoms with Gasteiger partial charge in [0.2, 0.25) is 0 Å². The van der Waals surface area contributed by atoms with Gasteiger partial charge in [0, 0.05) is 27.2 Å². The minimum Gasteiger partial charge on any atom is -0.456 e. The van der Waals surface area contributed by atoms with Gasteiger partial charge in [-0.15, -0.1) is 0 Å². The first kappa shape index (κ1) is 20.7. The normalized spacial score (nSPS) is 12.1. The van der Waals surface area contributed by atoms with E-state index < -0.39 is 0 Å². The lowest BCUT2D eigenvalue weighted by atomic mass is 10.0. The standard InChI is InChI=1S/C36H21NO2/c1-2-10-26(11-3-1)37-31-13-7-6-12-28(31)36-35(37)30-19-24(15-17-32(30)39-36)25-14-16-27-29-18-22-8-4-5-9-23(22)20-34(29)38-33(27)21-25/h1-21H. The molecule has 39 heavy (non-hydrogen) atoms. The molecule has 9 rings (SSSR count). The van der Waals surface area contributed by atoms with Crippen LogP contribution in [0.25, 0.3) is 82.5 Å². The Bertz CT molecular complexity index is 2390. The molecule has 0 N–H and O–H groups in total. The number of hydrogen-bond acceptors (Lipinski definition) is 2. The summed E-state index contributed by atoms with van der Waals surface area (Å²) in [6.45, 7) is 0. The van der Waals surface area contributed by atoms with Crippen molar-refractivity contribution in [2.24, 2.45) is 0 Å². The van der Waals surface area contributed by atoms with Crippen LogP contribution in [0.15, 0.2) is 136 Å². The zero-order chi connectivity index (χ0) is 25.5. The van der Waals surface area contributed by atoms with E-state index in [4.69, 9.17) is 8.83 Å². The highest BCUT2D eigenvalue weighted by molar-refractivity contribution is 6.17. The molecule has 182 valence electrons. The van der Waals surface area contributed by atoms with Gasteiger partial charge in [-0.25, -0.2) is 0 Å². The highest BCUT2D eigenvalue weighted by Gasteiger charge is 2.20. The van der Waals surface area contributed by atoms with Crippen molar-refractivity contribution in [1.82, 2.24) is 4.57 Å². The van der Waals surface area contributed by atoms with E-state index in [1.54, 1.807) is 0 Å². The maximum absolute atomic E-state index is 6.47. The fraction of sp³-hybridized carbons (Fsp3) is 0.